The smallest absolute Gasteiger partial charge is 0.282 e. The molecule has 0 fully saturated rings. The van der Waals surface area contributed by atoms with Gasteiger partial charge in [-0.25, -0.2) is 13.5 Å². The number of nitrogen functional groups attached to an aromatic ring is 1. The van der Waals surface area contributed by atoms with E-state index in [-0.39, 0.29) is 16.9 Å². The van der Waals surface area contributed by atoms with Crippen LogP contribution < -0.4 is 5.73 Å². The van der Waals surface area contributed by atoms with Gasteiger partial charge >= 0.3 is 0 Å². The van der Waals surface area contributed by atoms with Crippen LogP contribution in [0, 0.1) is 6.92 Å². The topological polar surface area (TPSA) is 72.5 Å². The molecule has 3 N–H and O–H groups in total. The summed E-state index contributed by atoms with van der Waals surface area (Å²) in [7, 11) is 0. The van der Waals surface area contributed by atoms with Gasteiger partial charge in [-0.15, -0.1) is 0 Å². The van der Waals surface area contributed by atoms with Crippen LogP contribution in [0.25, 0.3) is 16.7 Å². The summed E-state index contributed by atoms with van der Waals surface area (Å²) in [6, 6.07) is 7.34. The number of rotatable bonds is 2. The van der Waals surface area contributed by atoms with Crippen molar-refractivity contribution in [1.29, 1.82) is 0 Å². The number of anilines is 1. The maximum Gasteiger partial charge on any atom is 0.282 e. The average molecular weight is 263 g/mol. The molecule has 0 aliphatic carbocycles. The summed E-state index contributed by atoms with van der Waals surface area (Å²) in [4.78, 5) is 0. The van der Waals surface area contributed by atoms with Gasteiger partial charge in [-0.2, -0.15) is 10.2 Å². The number of fused-ring (bicyclic) bond motifs is 1. The van der Waals surface area contributed by atoms with Crippen LogP contribution in [0.5, 0.6) is 0 Å². The van der Waals surface area contributed by atoms with Gasteiger partial charge in [-0.3, -0.25) is 5.10 Å². The molecule has 2 heterocycles. The molecule has 0 radical (unpaired) electrons. The highest BCUT2D eigenvalue weighted by Gasteiger charge is 2.23. The van der Waals surface area contributed by atoms with Crippen LogP contribution in [0.3, 0.4) is 0 Å². The largest absolute Gasteiger partial charge is 0.383 e. The highest BCUT2D eigenvalue weighted by molar-refractivity contribution is 5.90. The first kappa shape index (κ1) is 11.6. The third-order valence-electron chi connectivity index (χ3n) is 2.92. The van der Waals surface area contributed by atoms with Gasteiger partial charge in [0.2, 0.25) is 0 Å². The molecule has 0 aliphatic rings. The van der Waals surface area contributed by atoms with Crippen molar-refractivity contribution in [3.8, 4) is 5.69 Å². The molecule has 0 bridgehead atoms. The summed E-state index contributed by atoms with van der Waals surface area (Å²) >= 11 is 0. The van der Waals surface area contributed by atoms with Crippen LogP contribution in [0.2, 0.25) is 0 Å². The van der Waals surface area contributed by atoms with Crippen LogP contribution in [0.15, 0.2) is 24.3 Å². The Labute approximate surface area is 107 Å². The maximum absolute atomic E-state index is 13.0. The van der Waals surface area contributed by atoms with Crippen molar-refractivity contribution < 1.29 is 8.78 Å². The number of aromatic nitrogens is 4. The van der Waals surface area contributed by atoms with Gasteiger partial charge in [0.15, 0.2) is 5.65 Å². The first-order valence-corrected chi connectivity index (χ1v) is 5.65. The van der Waals surface area contributed by atoms with Gasteiger partial charge in [0.1, 0.15) is 11.5 Å². The Morgan fingerprint density at radius 3 is 2.58 bits per heavy atom. The van der Waals surface area contributed by atoms with E-state index in [0.29, 0.717) is 11.3 Å². The van der Waals surface area contributed by atoms with E-state index in [2.05, 4.69) is 15.3 Å². The highest BCUT2D eigenvalue weighted by Crippen LogP contribution is 2.31. The number of H-pyrrole nitrogens is 1. The quantitative estimate of drug-likeness (QED) is 0.746. The van der Waals surface area contributed by atoms with Crippen LogP contribution >= 0.6 is 0 Å². The van der Waals surface area contributed by atoms with E-state index >= 15 is 0 Å². The Hall–Kier alpha value is -2.44. The number of nitrogens with one attached hydrogen (secondary N) is 1. The molecular weight excluding hydrogens is 252 g/mol. The standard InChI is InChI=1S/C12H11F2N5/c1-6-2-4-7(5-3-6)19-12-8(11(15)16-17-12)9(18-19)10(13)14/h2-5,10H,1H3,(H3,15,16,17). The zero-order chi connectivity index (χ0) is 13.6. The SMILES string of the molecule is Cc1ccc(-n2nc(C(F)F)c3c(N)[nH]nc32)cc1. The minimum absolute atomic E-state index is 0.101. The van der Waals surface area contributed by atoms with E-state index in [1.54, 1.807) is 12.1 Å². The zero-order valence-corrected chi connectivity index (χ0v) is 10.1. The predicted molar refractivity (Wildman–Crippen MR) is 67.3 cm³/mol. The average Bonchev–Trinajstić information content (AvgIpc) is 2.92. The molecule has 2 aromatic heterocycles. The summed E-state index contributed by atoms with van der Waals surface area (Å²) in [5.74, 6) is 0.101. The summed E-state index contributed by atoms with van der Waals surface area (Å²) in [6.45, 7) is 1.94. The highest BCUT2D eigenvalue weighted by atomic mass is 19.3. The first-order valence-electron chi connectivity index (χ1n) is 5.65. The normalized spacial score (nSPS) is 11.6. The van der Waals surface area contributed by atoms with E-state index < -0.39 is 6.43 Å². The second-order valence-corrected chi connectivity index (χ2v) is 4.27. The Bertz CT molecular complexity index is 726. The summed E-state index contributed by atoms with van der Waals surface area (Å²) < 4.78 is 27.3. The predicted octanol–water partition coefficient (Wildman–Crippen LogP) is 2.58. The second kappa shape index (κ2) is 4.04. The van der Waals surface area contributed by atoms with Gasteiger partial charge in [0.05, 0.1) is 11.1 Å². The molecule has 0 aliphatic heterocycles. The minimum Gasteiger partial charge on any atom is -0.383 e. The van der Waals surface area contributed by atoms with Crippen LogP contribution in [0.1, 0.15) is 17.7 Å². The van der Waals surface area contributed by atoms with E-state index in [9.17, 15) is 8.78 Å². The lowest BCUT2D eigenvalue weighted by Crippen LogP contribution is -1.99. The first-order chi connectivity index (χ1) is 9.08. The Morgan fingerprint density at radius 2 is 1.95 bits per heavy atom. The fourth-order valence-electron chi connectivity index (χ4n) is 1.98. The van der Waals surface area contributed by atoms with Crippen molar-refractivity contribution >= 4 is 16.9 Å². The third kappa shape index (κ3) is 1.74. The van der Waals surface area contributed by atoms with E-state index in [0.717, 1.165) is 5.56 Å². The number of halogens is 2. The summed E-state index contributed by atoms with van der Waals surface area (Å²) in [5.41, 5.74) is 7.30. The fourth-order valence-corrected chi connectivity index (χ4v) is 1.98. The van der Waals surface area contributed by atoms with Gasteiger partial charge in [-0.1, -0.05) is 17.7 Å². The lowest BCUT2D eigenvalue weighted by atomic mass is 10.2. The van der Waals surface area contributed by atoms with Crippen molar-refractivity contribution in [3.63, 3.8) is 0 Å². The monoisotopic (exact) mass is 263 g/mol. The maximum atomic E-state index is 13.0. The van der Waals surface area contributed by atoms with Crippen LogP contribution in [-0.2, 0) is 0 Å². The molecule has 1 aromatic carbocycles. The van der Waals surface area contributed by atoms with E-state index in [1.807, 2.05) is 19.1 Å². The molecule has 7 heteroatoms. The van der Waals surface area contributed by atoms with E-state index in [1.165, 1.54) is 4.68 Å². The summed E-state index contributed by atoms with van der Waals surface area (Å²) in [6.07, 6.45) is -2.70. The van der Waals surface area contributed by atoms with Crippen LogP contribution in [0.4, 0.5) is 14.6 Å². The van der Waals surface area contributed by atoms with Crippen molar-refractivity contribution in [3.05, 3.63) is 35.5 Å². The number of hydrogen-bond donors (Lipinski definition) is 2. The molecular formula is C12H11F2N5. The Kier molecular flexibility index (Phi) is 2.48. The molecule has 19 heavy (non-hydrogen) atoms. The number of hydrogen-bond acceptors (Lipinski definition) is 3. The molecule has 5 nitrogen and oxygen atoms in total. The fraction of sp³-hybridized carbons (Fsp3) is 0.167. The van der Waals surface area contributed by atoms with Gasteiger partial charge in [-0.05, 0) is 19.1 Å². The molecule has 98 valence electrons. The van der Waals surface area contributed by atoms with E-state index in [4.69, 9.17) is 5.73 Å². The second-order valence-electron chi connectivity index (χ2n) is 4.27. The zero-order valence-electron chi connectivity index (χ0n) is 10.1. The number of nitrogens with zero attached hydrogens (tertiary/aromatic N) is 3. The summed E-state index contributed by atoms with van der Waals surface area (Å²) in [5, 5.41) is 10.5. The van der Waals surface area contributed by atoms with Crippen LogP contribution in [-0.4, -0.2) is 20.0 Å². The van der Waals surface area contributed by atoms with Crippen molar-refractivity contribution in [1.82, 2.24) is 20.0 Å². The molecule has 0 atom stereocenters. The molecule has 3 rings (SSSR count). The molecule has 0 spiro atoms. The molecule has 0 saturated carbocycles. The molecule has 0 saturated heterocycles. The van der Waals surface area contributed by atoms with Crippen molar-refractivity contribution in [2.24, 2.45) is 0 Å². The van der Waals surface area contributed by atoms with Crippen molar-refractivity contribution in [2.45, 2.75) is 13.3 Å². The molecule has 0 amide bonds. The number of nitrogens with two attached hydrogens (primary N) is 1. The number of alkyl halides is 2. The molecule has 0 unspecified atom stereocenters. The third-order valence-corrected chi connectivity index (χ3v) is 2.92. The number of aryl methyl sites for hydroxylation is 1. The Morgan fingerprint density at radius 1 is 1.26 bits per heavy atom. The number of aromatic amines is 1. The van der Waals surface area contributed by atoms with Gasteiger partial charge in [0.25, 0.3) is 6.43 Å². The Balaban J connectivity index is 2.27. The van der Waals surface area contributed by atoms with Crippen molar-refractivity contribution in [2.75, 3.05) is 5.73 Å². The minimum atomic E-state index is -2.70. The number of benzene rings is 1. The lowest BCUT2D eigenvalue weighted by molar-refractivity contribution is 0.147. The lowest BCUT2D eigenvalue weighted by Gasteiger charge is -2.01. The van der Waals surface area contributed by atoms with Gasteiger partial charge < -0.3 is 5.73 Å². The van der Waals surface area contributed by atoms with Gasteiger partial charge in [0, 0.05) is 0 Å². The molecule has 3 aromatic rings.